The van der Waals surface area contributed by atoms with Crippen LogP contribution in [0, 0.1) is 5.92 Å². The minimum Gasteiger partial charge on any atom is -0.354 e. The molecule has 0 saturated carbocycles. The normalized spacial score (nSPS) is 18.6. The Kier molecular flexibility index (Phi) is 5.47. The zero-order valence-electron chi connectivity index (χ0n) is 14.9. The summed E-state index contributed by atoms with van der Waals surface area (Å²) >= 11 is 0. The second-order valence-corrected chi connectivity index (χ2v) is 6.93. The number of rotatable bonds is 6. The number of likely N-dealkylation sites (tertiary alicyclic amines) is 1. The van der Waals surface area contributed by atoms with E-state index in [1.165, 1.54) is 29.9 Å². The van der Waals surface area contributed by atoms with Gasteiger partial charge in [0.05, 0.1) is 6.20 Å². The van der Waals surface area contributed by atoms with Gasteiger partial charge in [0.15, 0.2) is 5.65 Å². The van der Waals surface area contributed by atoms with Crippen molar-refractivity contribution in [2.45, 2.75) is 32.7 Å². The van der Waals surface area contributed by atoms with Crippen molar-refractivity contribution in [1.82, 2.24) is 29.5 Å². The SMILES string of the molecule is C[C@H]1CCCN(CCCNC(=O)Cn2cnc3c(cnn3C)c2=O)C1. The number of hydrogen-bond acceptors (Lipinski definition) is 5. The van der Waals surface area contributed by atoms with Gasteiger partial charge in [0, 0.05) is 20.1 Å². The first-order valence-corrected chi connectivity index (χ1v) is 8.91. The number of aromatic nitrogens is 4. The highest BCUT2D eigenvalue weighted by Crippen LogP contribution is 2.15. The summed E-state index contributed by atoms with van der Waals surface area (Å²) in [7, 11) is 1.73. The van der Waals surface area contributed by atoms with E-state index in [0.717, 1.165) is 32.0 Å². The van der Waals surface area contributed by atoms with Crippen LogP contribution in [0.1, 0.15) is 26.2 Å². The molecule has 1 fully saturated rings. The summed E-state index contributed by atoms with van der Waals surface area (Å²) in [5, 5.41) is 7.34. The Bertz CT molecular complexity index is 796. The quantitative estimate of drug-likeness (QED) is 0.764. The number of aryl methyl sites for hydroxylation is 1. The second-order valence-electron chi connectivity index (χ2n) is 6.93. The van der Waals surface area contributed by atoms with Crippen molar-refractivity contribution >= 4 is 16.9 Å². The Hall–Kier alpha value is -2.22. The maximum absolute atomic E-state index is 12.3. The van der Waals surface area contributed by atoms with Crippen molar-refractivity contribution in [2.24, 2.45) is 13.0 Å². The molecule has 1 amide bonds. The van der Waals surface area contributed by atoms with Gasteiger partial charge < -0.3 is 10.2 Å². The first-order valence-electron chi connectivity index (χ1n) is 8.91. The maximum atomic E-state index is 12.3. The monoisotopic (exact) mass is 346 g/mol. The molecule has 1 aliphatic rings. The summed E-state index contributed by atoms with van der Waals surface area (Å²) < 4.78 is 2.87. The van der Waals surface area contributed by atoms with Gasteiger partial charge in [0.2, 0.25) is 5.91 Å². The van der Waals surface area contributed by atoms with Gasteiger partial charge in [-0.25, -0.2) is 4.98 Å². The standard InChI is InChI=1S/C17H26N6O2/c1-13-5-3-7-22(10-13)8-4-6-18-15(24)11-23-12-19-16-14(17(23)25)9-20-21(16)2/h9,12-13H,3-8,10-11H2,1-2H3,(H,18,24)/t13-/m0/s1. The number of hydrogen-bond donors (Lipinski definition) is 1. The molecule has 1 N–H and O–H groups in total. The lowest BCUT2D eigenvalue weighted by molar-refractivity contribution is -0.121. The highest BCUT2D eigenvalue weighted by atomic mass is 16.2. The molecule has 0 aliphatic carbocycles. The van der Waals surface area contributed by atoms with Gasteiger partial charge in [0.1, 0.15) is 18.3 Å². The second kappa shape index (κ2) is 7.77. The molecule has 8 heteroatoms. The lowest BCUT2D eigenvalue weighted by Crippen LogP contribution is -2.37. The Labute approximate surface area is 146 Å². The average molecular weight is 346 g/mol. The van der Waals surface area contributed by atoms with Crippen molar-refractivity contribution in [3.8, 4) is 0 Å². The van der Waals surface area contributed by atoms with Crippen LogP contribution < -0.4 is 10.9 Å². The third-order valence-corrected chi connectivity index (χ3v) is 4.75. The molecule has 2 aromatic heterocycles. The lowest BCUT2D eigenvalue weighted by atomic mass is 10.0. The van der Waals surface area contributed by atoms with E-state index < -0.39 is 0 Å². The van der Waals surface area contributed by atoms with E-state index in [9.17, 15) is 9.59 Å². The van der Waals surface area contributed by atoms with Crippen molar-refractivity contribution in [3.05, 3.63) is 22.9 Å². The van der Waals surface area contributed by atoms with Crippen molar-refractivity contribution in [3.63, 3.8) is 0 Å². The molecule has 8 nitrogen and oxygen atoms in total. The molecule has 25 heavy (non-hydrogen) atoms. The third kappa shape index (κ3) is 4.25. The van der Waals surface area contributed by atoms with Gasteiger partial charge in [-0.2, -0.15) is 5.10 Å². The van der Waals surface area contributed by atoms with Crippen molar-refractivity contribution < 1.29 is 4.79 Å². The van der Waals surface area contributed by atoms with E-state index in [1.54, 1.807) is 11.7 Å². The molecular weight excluding hydrogens is 320 g/mol. The first kappa shape index (κ1) is 17.6. The van der Waals surface area contributed by atoms with Gasteiger partial charge >= 0.3 is 0 Å². The van der Waals surface area contributed by atoms with Crippen molar-refractivity contribution in [2.75, 3.05) is 26.2 Å². The summed E-state index contributed by atoms with van der Waals surface area (Å²) in [5.41, 5.74) is 0.285. The summed E-state index contributed by atoms with van der Waals surface area (Å²) in [6.45, 7) is 6.22. The van der Waals surface area contributed by atoms with Crippen LogP contribution in [-0.2, 0) is 18.4 Å². The van der Waals surface area contributed by atoms with E-state index >= 15 is 0 Å². The Morgan fingerprint density at radius 1 is 1.44 bits per heavy atom. The Balaban J connectivity index is 1.46. The van der Waals surface area contributed by atoms with Gasteiger partial charge in [-0.3, -0.25) is 18.8 Å². The highest BCUT2D eigenvalue weighted by molar-refractivity contribution is 5.77. The number of amides is 1. The predicted molar refractivity (Wildman–Crippen MR) is 95.2 cm³/mol. The molecule has 1 atom stereocenters. The number of piperidine rings is 1. The molecule has 136 valence electrons. The molecule has 1 aliphatic heterocycles. The van der Waals surface area contributed by atoms with E-state index in [1.807, 2.05) is 0 Å². The molecule has 0 radical (unpaired) electrons. The van der Waals surface area contributed by atoms with Gasteiger partial charge in [-0.1, -0.05) is 6.92 Å². The van der Waals surface area contributed by atoms with Crippen LogP contribution in [0.3, 0.4) is 0 Å². The molecule has 0 aromatic carbocycles. The van der Waals surface area contributed by atoms with E-state index in [-0.39, 0.29) is 18.0 Å². The summed E-state index contributed by atoms with van der Waals surface area (Å²) in [6.07, 6.45) is 6.39. The maximum Gasteiger partial charge on any atom is 0.264 e. The van der Waals surface area contributed by atoms with Crippen LogP contribution in [0.15, 0.2) is 17.3 Å². The van der Waals surface area contributed by atoms with Gasteiger partial charge in [0.25, 0.3) is 5.56 Å². The van der Waals surface area contributed by atoms with Crippen molar-refractivity contribution in [1.29, 1.82) is 0 Å². The van der Waals surface area contributed by atoms with Gasteiger partial charge in [-0.15, -0.1) is 0 Å². The summed E-state index contributed by atoms with van der Waals surface area (Å²) in [4.78, 5) is 31.1. The Morgan fingerprint density at radius 2 is 2.28 bits per heavy atom. The van der Waals surface area contributed by atoms with Gasteiger partial charge in [-0.05, 0) is 38.3 Å². The van der Waals surface area contributed by atoms with Crippen LogP contribution in [0.2, 0.25) is 0 Å². The average Bonchev–Trinajstić information content (AvgIpc) is 2.96. The Morgan fingerprint density at radius 3 is 3.08 bits per heavy atom. The minimum absolute atomic E-state index is 0.0165. The molecule has 0 unspecified atom stereocenters. The minimum atomic E-state index is -0.240. The molecule has 1 saturated heterocycles. The third-order valence-electron chi connectivity index (χ3n) is 4.75. The predicted octanol–water partition coefficient (Wildman–Crippen LogP) is 0.368. The van der Waals surface area contributed by atoms with E-state index in [2.05, 4.69) is 27.2 Å². The largest absolute Gasteiger partial charge is 0.354 e. The number of carbonyl (C=O) groups is 1. The summed E-state index contributed by atoms with van der Waals surface area (Å²) in [5.74, 6) is 0.601. The fraction of sp³-hybridized carbons (Fsp3) is 0.647. The fourth-order valence-corrected chi connectivity index (χ4v) is 3.41. The van der Waals surface area contributed by atoms with Crippen LogP contribution in [0.5, 0.6) is 0 Å². The topological polar surface area (TPSA) is 85.1 Å². The molecule has 0 bridgehead atoms. The lowest BCUT2D eigenvalue weighted by Gasteiger charge is -2.30. The van der Waals surface area contributed by atoms with Crippen LogP contribution >= 0.6 is 0 Å². The molecule has 3 rings (SSSR count). The van der Waals surface area contributed by atoms with Crippen LogP contribution in [0.4, 0.5) is 0 Å². The molecule has 2 aromatic rings. The van der Waals surface area contributed by atoms with E-state index in [4.69, 9.17) is 0 Å². The van der Waals surface area contributed by atoms with Crippen LogP contribution in [-0.4, -0.2) is 56.3 Å². The first-order chi connectivity index (χ1) is 12.0. The molecular formula is C17H26N6O2. The zero-order valence-corrected chi connectivity index (χ0v) is 14.9. The highest BCUT2D eigenvalue weighted by Gasteiger charge is 2.15. The number of nitrogens with zero attached hydrogens (tertiary/aromatic N) is 5. The number of nitrogens with one attached hydrogen (secondary N) is 1. The summed E-state index contributed by atoms with van der Waals surface area (Å²) in [6, 6.07) is 0. The smallest absolute Gasteiger partial charge is 0.264 e. The molecule has 0 spiro atoms. The number of carbonyl (C=O) groups excluding carboxylic acids is 1. The fourth-order valence-electron chi connectivity index (χ4n) is 3.41. The van der Waals surface area contributed by atoms with Crippen LogP contribution in [0.25, 0.3) is 11.0 Å². The van der Waals surface area contributed by atoms with E-state index in [0.29, 0.717) is 17.6 Å². The number of fused-ring (bicyclic) bond motifs is 1. The molecule has 3 heterocycles. The zero-order chi connectivity index (χ0) is 17.8.